The van der Waals surface area contributed by atoms with Crippen LogP contribution in [0.5, 0.6) is 0 Å². The Morgan fingerprint density at radius 1 is 1.21 bits per heavy atom. The highest BCUT2D eigenvalue weighted by molar-refractivity contribution is 6.18. The molecule has 0 aromatic carbocycles. The Hall–Kier alpha value is 0.290. The zero-order valence-electron chi connectivity index (χ0n) is 9.51. The van der Waals surface area contributed by atoms with Crippen LogP contribution in [0.4, 0.5) is 0 Å². The number of halogens is 1. The first-order chi connectivity index (χ1) is 6.70. The molecule has 2 saturated carbocycles. The van der Waals surface area contributed by atoms with Crippen LogP contribution in [0.2, 0.25) is 0 Å². The Morgan fingerprint density at radius 2 is 2.00 bits per heavy atom. The van der Waals surface area contributed by atoms with E-state index in [1.807, 2.05) is 0 Å². The lowest BCUT2D eigenvalue weighted by Crippen LogP contribution is -2.19. The molecule has 2 fully saturated rings. The summed E-state index contributed by atoms with van der Waals surface area (Å²) in [6.45, 7) is 4.64. The van der Waals surface area contributed by atoms with Gasteiger partial charge in [0.25, 0.3) is 0 Å². The predicted molar refractivity (Wildman–Crippen MR) is 62.6 cm³/mol. The Kier molecular flexibility index (Phi) is 3.42. The molecule has 2 rings (SSSR count). The number of fused-ring (bicyclic) bond motifs is 2. The van der Waals surface area contributed by atoms with Gasteiger partial charge in [-0.2, -0.15) is 0 Å². The quantitative estimate of drug-likeness (QED) is 0.612. The molecule has 0 aromatic heterocycles. The molecule has 2 aliphatic carbocycles. The van der Waals surface area contributed by atoms with Gasteiger partial charge in [-0.1, -0.05) is 20.3 Å². The largest absolute Gasteiger partial charge is 0.126 e. The van der Waals surface area contributed by atoms with Crippen molar-refractivity contribution in [2.24, 2.45) is 29.6 Å². The molecule has 0 amide bonds. The van der Waals surface area contributed by atoms with E-state index in [-0.39, 0.29) is 0 Å². The summed E-state index contributed by atoms with van der Waals surface area (Å²) in [6, 6.07) is 0. The van der Waals surface area contributed by atoms with E-state index in [1.165, 1.54) is 32.1 Å². The minimum absolute atomic E-state index is 0.765. The molecule has 0 nitrogen and oxygen atoms in total. The van der Waals surface area contributed by atoms with Crippen molar-refractivity contribution in [2.45, 2.75) is 46.0 Å². The summed E-state index contributed by atoms with van der Waals surface area (Å²) >= 11 is 6.04. The molecule has 2 aliphatic rings. The molecule has 1 heteroatoms. The Labute approximate surface area is 93.4 Å². The number of hydrogen-bond donors (Lipinski definition) is 0. The average Bonchev–Trinajstić information content (AvgIpc) is 2.74. The summed E-state index contributed by atoms with van der Waals surface area (Å²) in [6.07, 6.45) is 7.50. The van der Waals surface area contributed by atoms with Crippen LogP contribution in [0, 0.1) is 29.6 Å². The fourth-order valence-corrected chi connectivity index (χ4v) is 4.05. The maximum absolute atomic E-state index is 6.04. The van der Waals surface area contributed by atoms with E-state index in [0.29, 0.717) is 0 Å². The summed E-state index contributed by atoms with van der Waals surface area (Å²) in [4.78, 5) is 0. The Bertz CT molecular complexity index is 188. The van der Waals surface area contributed by atoms with Gasteiger partial charge in [0.15, 0.2) is 0 Å². The van der Waals surface area contributed by atoms with Crippen molar-refractivity contribution in [1.29, 1.82) is 0 Å². The lowest BCUT2D eigenvalue weighted by molar-refractivity contribution is 0.246. The number of hydrogen-bond acceptors (Lipinski definition) is 0. The highest BCUT2D eigenvalue weighted by Gasteiger charge is 2.40. The first-order valence-electron chi connectivity index (χ1n) is 6.26. The van der Waals surface area contributed by atoms with Gasteiger partial charge in [-0.15, -0.1) is 11.6 Å². The first kappa shape index (κ1) is 10.8. The third kappa shape index (κ3) is 2.10. The van der Waals surface area contributed by atoms with Crippen LogP contribution in [0.25, 0.3) is 0 Å². The molecule has 0 aromatic rings. The first-order valence-corrected chi connectivity index (χ1v) is 6.80. The fourth-order valence-electron chi connectivity index (χ4n) is 3.57. The van der Waals surface area contributed by atoms with Crippen LogP contribution in [0.3, 0.4) is 0 Å². The lowest BCUT2D eigenvalue weighted by atomic mass is 9.79. The van der Waals surface area contributed by atoms with Crippen LogP contribution in [-0.2, 0) is 0 Å². The third-order valence-electron chi connectivity index (χ3n) is 4.63. The molecular weight excluding hydrogens is 192 g/mol. The van der Waals surface area contributed by atoms with Gasteiger partial charge in [-0.3, -0.25) is 0 Å². The average molecular weight is 215 g/mol. The summed E-state index contributed by atoms with van der Waals surface area (Å²) in [5.41, 5.74) is 0. The van der Waals surface area contributed by atoms with E-state index < -0.39 is 0 Å². The van der Waals surface area contributed by atoms with Crippen molar-refractivity contribution in [1.82, 2.24) is 0 Å². The summed E-state index contributed by atoms with van der Waals surface area (Å²) in [5, 5.41) is 0. The maximum atomic E-state index is 6.04. The minimum atomic E-state index is 0.765. The highest BCUT2D eigenvalue weighted by Crippen LogP contribution is 2.50. The fraction of sp³-hybridized carbons (Fsp3) is 1.00. The summed E-state index contributed by atoms with van der Waals surface area (Å²) < 4.78 is 0. The van der Waals surface area contributed by atoms with Crippen molar-refractivity contribution in [3.63, 3.8) is 0 Å². The van der Waals surface area contributed by atoms with Gasteiger partial charge < -0.3 is 0 Å². The zero-order chi connectivity index (χ0) is 10.1. The van der Waals surface area contributed by atoms with Crippen LogP contribution >= 0.6 is 11.6 Å². The molecule has 4 unspecified atom stereocenters. The normalized spacial score (nSPS) is 38.1. The lowest BCUT2D eigenvalue weighted by Gasteiger charge is -2.27. The van der Waals surface area contributed by atoms with Gasteiger partial charge in [0.05, 0.1) is 0 Å². The number of alkyl halides is 1. The van der Waals surface area contributed by atoms with E-state index in [1.54, 1.807) is 0 Å². The van der Waals surface area contributed by atoms with Crippen molar-refractivity contribution in [3.05, 3.63) is 0 Å². The van der Waals surface area contributed by atoms with Crippen molar-refractivity contribution in [3.8, 4) is 0 Å². The van der Waals surface area contributed by atoms with Crippen LogP contribution in [-0.4, -0.2) is 5.88 Å². The number of rotatable bonds is 4. The second kappa shape index (κ2) is 4.43. The molecule has 0 saturated heterocycles. The SMILES string of the molecule is CC(C)C(CCl)CC1CC2CCC1C2. The van der Waals surface area contributed by atoms with Gasteiger partial charge >= 0.3 is 0 Å². The standard InChI is InChI=1S/C13H23Cl/c1-9(2)13(8-14)7-12-6-10-3-4-11(12)5-10/h9-13H,3-8H2,1-2H3. The second-order valence-electron chi connectivity index (χ2n) is 5.83. The molecule has 0 aliphatic heterocycles. The third-order valence-corrected chi connectivity index (χ3v) is 5.03. The van der Waals surface area contributed by atoms with Gasteiger partial charge in [-0.05, 0) is 55.3 Å². The predicted octanol–water partition coefficient (Wildman–Crippen LogP) is 4.32. The molecule has 0 spiro atoms. The molecule has 82 valence electrons. The Morgan fingerprint density at radius 3 is 2.43 bits per heavy atom. The molecule has 0 radical (unpaired) electrons. The molecule has 14 heavy (non-hydrogen) atoms. The van der Waals surface area contributed by atoms with Crippen LogP contribution in [0.15, 0.2) is 0 Å². The smallest absolute Gasteiger partial charge is 0.0254 e. The monoisotopic (exact) mass is 214 g/mol. The van der Waals surface area contributed by atoms with E-state index >= 15 is 0 Å². The molecule has 0 N–H and O–H groups in total. The van der Waals surface area contributed by atoms with E-state index in [4.69, 9.17) is 11.6 Å². The minimum Gasteiger partial charge on any atom is -0.126 e. The van der Waals surface area contributed by atoms with Crippen molar-refractivity contribution < 1.29 is 0 Å². The van der Waals surface area contributed by atoms with Gasteiger partial charge in [0, 0.05) is 5.88 Å². The van der Waals surface area contributed by atoms with Gasteiger partial charge in [0.1, 0.15) is 0 Å². The maximum Gasteiger partial charge on any atom is 0.0254 e. The Balaban J connectivity index is 1.85. The highest BCUT2D eigenvalue weighted by atomic mass is 35.5. The summed E-state index contributed by atoms with van der Waals surface area (Å²) in [7, 11) is 0. The van der Waals surface area contributed by atoms with Crippen molar-refractivity contribution >= 4 is 11.6 Å². The van der Waals surface area contributed by atoms with Gasteiger partial charge in [-0.25, -0.2) is 0 Å². The summed E-state index contributed by atoms with van der Waals surface area (Å²) in [5.74, 6) is 5.59. The van der Waals surface area contributed by atoms with Crippen LogP contribution < -0.4 is 0 Å². The van der Waals surface area contributed by atoms with Crippen molar-refractivity contribution in [2.75, 3.05) is 5.88 Å². The molecular formula is C13H23Cl. The van der Waals surface area contributed by atoms with E-state index in [0.717, 1.165) is 35.5 Å². The molecule has 4 atom stereocenters. The molecule has 2 bridgehead atoms. The second-order valence-corrected chi connectivity index (χ2v) is 6.14. The topological polar surface area (TPSA) is 0 Å². The zero-order valence-corrected chi connectivity index (χ0v) is 10.3. The van der Waals surface area contributed by atoms with Gasteiger partial charge in [0.2, 0.25) is 0 Å². The van der Waals surface area contributed by atoms with E-state index in [2.05, 4.69) is 13.8 Å². The van der Waals surface area contributed by atoms with Crippen LogP contribution in [0.1, 0.15) is 46.0 Å². The van der Waals surface area contributed by atoms with E-state index in [9.17, 15) is 0 Å². The molecule has 0 heterocycles.